The quantitative estimate of drug-likeness (QED) is 0.731. The van der Waals surface area contributed by atoms with Gasteiger partial charge in [-0.2, -0.15) is 26.3 Å². The number of alkyl halides is 6. The topological polar surface area (TPSA) is 41.1 Å². The summed E-state index contributed by atoms with van der Waals surface area (Å²) in [5.41, 5.74) is -2.00. The first-order valence-electron chi connectivity index (χ1n) is 7.35. The summed E-state index contributed by atoms with van der Waals surface area (Å²) in [4.78, 5) is 11.8. The van der Waals surface area contributed by atoms with Gasteiger partial charge in [-0.15, -0.1) is 0 Å². The van der Waals surface area contributed by atoms with Crippen molar-refractivity contribution in [1.29, 1.82) is 0 Å². The van der Waals surface area contributed by atoms with Crippen molar-refractivity contribution in [2.75, 3.05) is 17.2 Å². The fourth-order valence-electron chi connectivity index (χ4n) is 2.17. The fourth-order valence-corrected chi connectivity index (χ4v) is 2.17. The van der Waals surface area contributed by atoms with Crippen LogP contribution in [0.3, 0.4) is 0 Å². The second kappa shape index (κ2) is 7.27. The van der Waals surface area contributed by atoms with Crippen molar-refractivity contribution in [3.8, 4) is 0 Å². The van der Waals surface area contributed by atoms with Gasteiger partial charge >= 0.3 is 12.4 Å². The lowest BCUT2D eigenvalue weighted by atomic mass is 10.1. The number of halogens is 6. The van der Waals surface area contributed by atoms with Gasteiger partial charge in [-0.05, 0) is 42.8 Å². The Kier molecular flexibility index (Phi) is 5.48. The van der Waals surface area contributed by atoms with Crippen LogP contribution in [0.5, 0.6) is 0 Å². The van der Waals surface area contributed by atoms with Crippen LogP contribution in [0.2, 0.25) is 0 Å². The fraction of sp³-hybridized carbons (Fsp3) is 0.235. The van der Waals surface area contributed by atoms with Crippen LogP contribution in [-0.2, 0) is 17.1 Å². The van der Waals surface area contributed by atoms with Crippen molar-refractivity contribution >= 4 is 17.3 Å². The number of aryl methyl sites for hydroxylation is 1. The van der Waals surface area contributed by atoms with Gasteiger partial charge in [0.1, 0.15) is 0 Å². The Hall–Kier alpha value is -2.71. The molecule has 0 saturated carbocycles. The third-order valence-electron chi connectivity index (χ3n) is 3.34. The zero-order valence-corrected chi connectivity index (χ0v) is 13.4. The van der Waals surface area contributed by atoms with Crippen LogP contribution < -0.4 is 10.6 Å². The average Bonchev–Trinajstić information content (AvgIpc) is 2.51. The monoisotopic (exact) mass is 376 g/mol. The van der Waals surface area contributed by atoms with Gasteiger partial charge in [0.05, 0.1) is 17.7 Å². The minimum Gasteiger partial charge on any atom is -0.376 e. The van der Waals surface area contributed by atoms with Crippen molar-refractivity contribution in [1.82, 2.24) is 0 Å². The van der Waals surface area contributed by atoms with Crippen LogP contribution in [0.15, 0.2) is 42.5 Å². The van der Waals surface area contributed by atoms with Gasteiger partial charge in [0.15, 0.2) is 0 Å². The predicted molar refractivity (Wildman–Crippen MR) is 84.7 cm³/mol. The highest BCUT2D eigenvalue weighted by molar-refractivity contribution is 5.93. The molecule has 0 bridgehead atoms. The molecule has 0 heterocycles. The third kappa shape index (κ3) is 5.40. The number of nitrogens with one attached hydrogen (secondary N) is 2. The predicted octanol–water partition coefficient (Wildman–Crippen LogP) is 5.08. The highest BCUT2D eigenvalue weighted by Gasteiger charge is 2.36. The molecule has 0 unspecified atom stereocenters. The molecule has 0 atom stereocenters. The molecule has 0 spiro atoms. The Morgan fingerprint density at radius 2 is 1.46 bits per heavy atom. The Morgan fingerprint density at radius 1 is 0.885 bits per heavy atom. The number of hydrogen-bond donors (Lipinski definition) is 2. The smallest absolute Gasteiger partial charge is 0.376 e. The highest BCUT2D eigenvalue weighted by atomic mass is 19.4. The molecule has 140 valence electrons. The summed E-state index contributed by atoms with van der Waals surface area (Å²) in [5.74, 6) is -0.610. The molecule has 0 aliphatic rings. The van der Waals surface area contributed by atoms with Crippen molar-refractivity contribution in [3.05, 3.63) is 59.2 Å². The molecule has 0 aliphatic carbocycles. The van der Waals surface area contributed by atoms with Gasteiger partial charge in [0, 0.05) is 11.4 Å². The normalized spacial score (nSPS) is 12.0. The van der Waals surface area contributed by atoms with E-state index in [2.05, 4.69) is 10.6 Å². The Balaban J connectivity index is 2.14. The number of benzene rings is 2. The number of rotatable bonds is 4. The van der Waals surface area contributed by atoms with Gasteiger partial charge in [0.2, 0.25) is 5.91 Å². The lowest BCUT2D eigenvalue weighted by Gasteiger charge is -2.15. The van der Waals surface area contributed by atoms with Crippen molar-refractivity contribution < 1.29 is 31.1 Å². The van der Waals surface area contributed by atoms with Crippen molar-refractivity contribution in [2.24, 2.45) is 0 Å². The van der Waals surface area contributed by atoms with E-state index in [-0.39, 0.29) is 6.07 Å². The first-order chi connectivity index (χ1) is 11.9. The lowest BCUT2D eigenvalue weighted by Crippen LogP contribution is -2.22. The molecule has 2 N–H and O–H groups in total. The maximum absolute atomic E-state index is 12.8. The molecule has 9 heteroatoms. The Bertz CT molecular complexity index is 766. The average molecular weight is 376 g/mol. The van der Waals surface area contributed by atoms with Crippen molar-refractivity contribution in [3.63, 3.8) is 0 Å². The lowest BCUT2D eigenvalue weighted by molar-refractivity contribution is -0.143. The second-order valence-electron chi connectivity index (χ2n) is 5.57. The van der Waals surface area contributed by atoms with E-state index in [0.29, 0.717) is 17.8 Å². The molecule has 0 saturated heterocycles. The van der Waals surface area contributed by atoms with Crippen LogP contribution in [0.1, 0.15) is 16.7 Å². The summed E-state index contributed by atoms with van der Waals surface area (Å²) in [7, 11) is 0. The molecule has 0 radical (unpaired) electrons. The second-order valence-corrected chi connectivity index (χ2v) is 5.57. The van der Waals surface area contributed by atoms with E-state index in [1.165, 1.54) is 0 Å². The minimum atomic E-state index is -4.94. The van der Waals surface area contributed by atoms with Crippen LogP contribution in [0, 0.1) is 6.92 Å². The molecule has 1 amide bonds. The van der Waals surface area contributed by atoms with Crippen molar-refractivity contribution in [2.45, 2.75) is 19.3 Å². The molecule has 2 rings (SSSR count). The molecular formula is C17H14F6N2O. The highest BCUT2D eigenvalue weighted by Crippen LogP contribution is 2.37. The first-order valence-corrected chi connectivity index (χ1v) is 7.35. The van der Waals surface area contributed by atoms with E-state index in [9.17, 15) is 31.1 Å². The summed E-state index contributed by atoms with van der Waals surface area (Å²) in [5, 5.41) is 4.79. The van der Waals surface area contributed by atoms with Gasteiger partial charge in [-0.25, -0.2) is 0 Å². The molecule has 0 aromatic heterocycles. The summed E-state index contributed by atoms with van der Waals surface area (Å²) in [6.07, 6.45) is -9.89. The van der Waals surface area contributed by atoms with E-state index >= 15 is 0 Å². The third-order valence-corrected chi connectivity index (χ3v) is 3.34. The maximum Gasteiger partial charge on any atom is 0.416 e. The van der Waals surface area contributed by atoms with E-state index in [1.807, 2.05) is 0 Å². The van der Waals surface area contributed by atoms with Crippen LogP contribution in [0.25, 0.3) is 0 Å². The van der Waals surface area contributed by atoms with Gasteiger partial charge in [-0.1, -0.05) is 12.1 Å². The summed E-state index contributed by atoms with van der Waals surface area (Å²) < 4.78 is 76.7. The summed E-state index contributed by atoms with van der Waals surface area (Å²) in [6, 6.07) is 7.85. The van der Waals surface area contributed by atoms with Gasteiger partial charge in [-0.3, -0.25) is 4.79 Å². The standard InChI is InChI=1S/C17H14F6N2O/c1-10-3-2-4-13(5-10)25-15(26)9-24-14-7-11(16(18,19)20)6-12(8-14)17(21,22)23/h2-8,24H,9H2,1H3,(H,25,26). The van der Waals surface area contributed by atoms with Crippen LogP contribution in [0.4, 0.5) is 37.7 Å². The molecule has 0 fully saturated rings. The SMILES string of the molecule is Cc1cccc(NC(=O)CNc2cc(C(F)(F)F)cc(C(F)(F)F)c2)c1. The zero-order valence-electron chi connectivity index (χ0n) is 13.4. The number of hydrogen-bond acceptors (Lipinski definition) is 2. The molecule has 0 aliphatic heterocycles. The number of carbonyl (C=O) groups is 1. The van der Waals surface area contributed by atoms with Gasteiger partial charge < -0.3 is 10.6 Å². The van der Waals surface area contributed by atoms with Gasteiger partial charge in [0.25, 0.3) is 0 Å². The number of amides is 1. The molecule has 2 aromatic rings. The summed E-state index contributed by atoms with van der Waals surface area (Å²) in [6.45, 7) is 1.31. The molecule has 2 aromatic carbocycles. The molecule has 26 heavy (non-hydrogen) atoms. The Morgan fingerprint density at radius 3 is 1.96 bits per heavy atom. The Labute approximate surface area is 145 Å². The molecule has 3 nitrogen and oxygen atoms in total. The van der Waals surface area contributed by atoms with Crippen LogP contribution in [-0.4, -0.2) is 12.5 Å². The van der Waals surface area contributed by atoms with E-state index in [4.69, 9.17) is 0 Å². The number of carbonyl (C=O) groups excluding carboxylic acids is 1. The number of anilines is 2. The van der Waals surface area contributed by atoms with E-state index in [0.717, 1.165) is 5.56 Å². The maximum atomic E-state index is 12.8. The largest absolute Gasteiger partial charge is 0.416 e. The molecular weight excluding hydrogens is 362 g/mol. The van der Waals surface area contributed by atoms with E-state index in [1.54, 1.807) is 31.2 Å². The van der Waals surface area contributed by atoms with E-state index < -0.39 is 41.6 Å². The summed E-state index contributed by atoms with van der Waals surface area (Å²) >= 11 is 0. The zero-order chi connectivity index (χ0) is 19.5. The van der Waals surface area contributed by atoms with Crippen LogP contribution >= 0.6 is 0 Å². The minimum absolute atomic E-state index is 0.0258. The first kappa shape index (κ1) is 19.6.